The normalized spacial score (nSPS) is 21.5. The van der Waals surface area contributed by atoms with Crippen molar-refractivity contribution in [3.63, 3.8) is 0 Å². The standard InChI is InChI=1S/C24H31N3O3/c1-17(2)20-5-7-21(8-6-20)25-24(28)18(3)27-12-10-26(11-13-27)15-19-4-9-22-23(14-19)30-16-29-22/h4-9,14,17-18H,10-13,15-16H2,1-3H3,(H,25,28)/p+2/t18-/m1/s1. The van der Waals surface area contributed by atoms with E-state index in [2.05, 4.69) is 43.4 Å². The molecule has 0 unspecified atom stereocenters. The molecule has 2 aromatic rings. The molecule has 30 heavy (non-hydrogen) atoms. The number of nitrogens with one attached hydrogen (secondary N) is 3. The summed E-state index contributed by atoms with van der Waals surface area (Å²) in [6, 6.07) is 14.4. The lowest BCUT2D eigenvalue weighted by Gasteiger charge is -2.32. The van der Waals surface area contributed by atoms with Gasteiger partial charge in [0.25, 0.3) is 5.91 Å². The number of rotatable bonds is 6. The van der Waals surface area contributed by atoms with Crippen molar-refractivity contribution in [2.45, 2.75) is 39.3 Å². The van der Waals surface area contributed by atoms with Crippen LogP contribution in [0.25, 0.3) is 0 Å². The molecule has 1 fully saturated rings. The van der Waals surface area contributed by atoms with Crippen LogP contribution in [0.4, 0.5) is 5.69 Å². The summed E-state index contributed by atoms with van der Waals surface area (Å²) >= 11 is 0. The molecule has 0 spiro atoms. The second kappa shape index (κ2) is 9.06. The summed E-state index contributed by atoms with van der Waals surface area (Å²) < 4.78 is 10.9. The second-order valence-electron chi connectivity index (χ2n) is 8.76. The zero-order chi connectivity index (χ0) is 21.1. The zero-order valence-corrected chi connectivity index (χ0v) is 18.2. The topological polar surface area (TPSA) is 56.4 Å². The molecule has 2 aliphatic rings. The van der Waals surface area contributed by atoms with Crippen molar-refractivity contribution in [1.82, 2.24) is 0 Å². The molecular weight excluding hydrogens is 378 g/mol. The first-order valence-electron chi connectivity index (χ1n) is 11.0. The van der Waals surface area contributed by atoms with Gasteiger partial charge in [0.2, 0.25) is 6.79 Å². The number of hydrogen-bond donors (Lipinski definition) is 3. The molecule has 1 atom stereocenters. The minimum absolute atomic E-state index is 0.0538. The van der Waals surface area contributed by atoms with E-state index in [9.17, 15) is 4.79 Å². The van der Waals surface area contributed by atoms with E-state index in [-0.39, 0.29) is 11.9 Å². The minimum Gasteiger partial charge on any atom is -0.454 e. The van der Waals surface area contributed by atoms with E-state index in [1.807, 2.05) is 25.1 Å². The number of carbonyl (C=O) groups excluding carboxylic acids is 1. The van der Waals surface area contributed by atoms with E-state index >= 15 is 0 Å². The summed E-state index contributed by atoms with van der Waals surface area (Å²) in [6.45, 7) is 11.8. The van der Waals surface area contributed by atoms with E-state index < -0.39 is 0 Å². The van der Waals surface area contributed by atoms with E-state index in [1.54, 1.807) is 4.90 Å². The molecule has 1 amide bonds. The van der Waals surface area contributed by atoms with Crippen LogP contribution in [-0.2, 0) is 11.3 Å². The number of anilines is 1. The number of benzene rings is 2. The molecule has 6 nitrogen and oxygen atoms in total. The van der Waals surface area contributed by atoms with Gasteiger partial charge in [0.15, 0.2) is 17.5 Å². The number of ether oxygens (including phenoxy) is 2. The molecule has 4 rings (SSSR count). The first-order valence-corrected chi connectivity index (χ1v) is 11.0. The third-order valence-corrected chi connectivity index (χ3v) is 6.34. The average molecular weight is 412 g/mol. The van der Waals surface area contributed by atoms with Crippen LogP contribution in [0.2, 0.25) is 0 Å². The highest BCUT2D eigenvalue weighted by atomic mass is 16.7. The number of quaternary nitrogens is 2. The summed E-state index contributed by atoms with van der Waals surface area (Å²) in [6.07, 6.45) is 0. The maximum atomic E-state index is 12.7. The minimum atomic E-state index is -0.0538. The fourth-order valence-corrected chi connectivity index (χ4v) is 4.26. The number of piperazine rings is 1. The van der Waals surface area contributed by atoms with Gasteiger partial charge in [-0.05, 0) is 48.7 Å². The number of carbonyl (C=O) groups is 1. The molecule has 0 aliphatic carbocycles. The van der Waals surface area contributed by atoms with Gasteiger partial charge in [-0.15, -0.1) is 0 Å². The molecule has 2 heterocycles. The highest BCUT2D eigenvalue weighted by molar-refractivity contribution is 5.93. The Morgan fingerprint density at radius 3 is 2.37 bits per heavy atom. The lowest BCUT2D eigenvalue weighted by Crippen LogP contribution is -3.29. The summed E-state index contributed by atoms with van der Waals surface area (Å²) in [5.41, 5.74) is 3.43. The smallest absolute Gasteiger partial charge is 0.282 e. The van der Waals surface area contributed by atoms with E-state index in [1.165, 1.54) is 16.0 Å². The first-order chi connectivity index (χ1) is 14.5. The lowest BCUT2D eigenvalue weighted by molar-refractivity contribution is -1.02. The molecule has 160 valence electrons. The Hall–Kier alpha value is -2.57. The van der Waals surface area contributed by atoms with Gasteiger partial charge in [-0.1, -0.05) is 26.0 Å². The Kier molecular flexibility index (Phi) is 6.25. The second-order valence-corrected chi connectivity index (χ2v) is 8.76. The van der Waals surface area contributed by atoms with Crippen LogP contribution >= 0.6 is 0 Å². The molecule has 0 aromatic heterocycles. The van der Waals surface area contributed by atoms with Crippen LogP contribution in [0.15, 0.2) is 42.5 Å². The van der Waals surface area contributed by atoms with Crippen LogP contribution < -0.4 is 24.6 Å². The summed E-state index contributed by atoms with van der Waals surface area (Å²) in [5.74, 6) is 2.28. The van der Waals surface area contributed by atoms with Gasteiger partial charge < -0.3 is 24.6 Å². The molecule has 0 bridgehead atoms. The van der Waals surface area contributed by atoms with Crippen LogP contribution in [0.1, 0.15) is 37.8 Å². The maximum Gasteiger partial charge on any atom is 0.282 e. The van der Waals surface area contributed by atoms with Crippen molar-refractivity contribution in [3.8, 4) is 11.5 Å². The van der Waals surface area contributed by atoms with Gasteiger partial charge in [-0.3, -0.25) is 4.79 Å². The van der Waals surface area contributed by atoms with Crippen LogP contribution in [0.5, 0.6) is 11.5 Å². The number of fused-ring (bicyclic) bond motifs is 1. The van der Waals surface area contributed by atoms with Crippen molar-refractivity contribution in [1.29, 1.82) is 0 Å². The van der Waals surface area contributed by atoms with Crippen molar-refractivity contribution in [2.75, 3.05) is 38.3 Å². The molecule has 2 aromatic carbocycles. The van der Waals surface area contributed by atoms with Gasteiger partial charge in [-0.2, -0.15) is 0 Å². The monoisotopic (exact) mass is 411 g/mol. The molecule has 0 radical (unpaired) electrons. The van der Waals surface area contributed by atoms with Gasteiger partial charge in [-0.25, -0.2) is 0 Å². The Bertz CT molecular complexity index is 874. The fourth-order valence-electron chi connectivity index (χ4n) is 4.26. The Balaban J connectivity index is 1.26. The highest BCUT2D eigenvalue weighted by Crippen LogP contribution is 2.32. The summed E-state index contributed by atoms with van der Waals surface area (Å²) in [5, 5.41) is 3.09. The van der Waals surface area contributed by atoms with E-state index in [0.29, 0.717) is 12.7 Å². The lowest BCUT2D eigenvalue weighted by atomic mass is 10.0. The fraction of sp³-hybridized carbons (Fsp3) is 0.458. The molecular formula is C24H33N3O3+2. The van der Waals surface area contributed by atoms with Gasteiger partial charge in [0.05, 0.1) is 0 Å². The predicted molar refractivity (Wildman–Crippen MR) is 116 cm³/mol. The summed E-state index contributed by atoms with van der Waals surface area (Å²) in [4.78, 5) is 15.7. The third-order valence-electron chi connectivity index (χ3n) is 6.34. The zero-order valence-electron chi connectivity index (χ0n) is 18.2. The van der Waals surface area contributed by atoms with Crippen LogP contribution in [-0.4, -0.2) is 44.9 Å². The first kappa shape index (κ1) is 20.7. The largest absolute Gasteiger partial charge is 0.454 e. The van der Waals surface area contributed by atoms with E-state index in [0.717, 1.165) is 49.9 Å². The summed E-state index contributed by atoms with van der Waals surface area (Å²) in [7, 11) is 0. The molecule has 0 saturated carbocycles. The van der Waals surface area contributed by atoms with Crippen molar-refractivity contribution in [3.05, 3.63) is 53.6 Å². The van der Waals surface area contributed by atoms with Crippen molar-refractivity contribution in [2.24, 2.45) is 0 Å². The van der Waals surface area contributed by atoms with Crippen LogP contribution in [0.3, 0.4) is 0 Å². The van der Waals surface area contributed by atoms with Crippen LogP contribution in [0, 0.1) is 0 Å². The van der Waals surface area contributed by atoms with Crippen molar-refractivity contribution >= 4 is 11.6 Å². The maximum absolute atomic E-state index is 12.7. The molecule has 3 N–H and O–H groups in total. The Labute approximate surface area is 178 Å². The van der Waals surface area contributed by atoms with Gasteiger partial charge in [0, 0.05) is 11.3 Å². The van der Waals surface area contributed by atoms with Gasteiger partial charge >= 0.3 is 0 Å². The predicted octanol–water partition coefficient (Wildman–Crippen LogP) is 0.849. The molecule has 1 saturated heterocycles. The highest BCUT2D eigenvalue weighted by Gasteiger charge is 2.31. The molecule has 2 aliphatic heterocycles. The Morgan fingerprint density at radius 2 is 1.67 bits per heavy atom. The third kappa shape index (κ3) is 4.77. The number of amides is 1. The molecule has 6 heteroatoms. The van der Waals surface area contributed by atoms with Crippen molar-refractivity contribution < 1.29 is 24.1 Å². The SMILES string of the molecule is CC(C)c1ccc(NC(=O)[C@@H](C)[NH+]2CC[NH+](Cc3ccc4c(c3)OCO4)CC2)cc1. The Morgan fingerprint density at radius 1 is 0.967 bits per heavy atom. The van der Waals surface area contributed by atoms with E-state index in [4.69, 9.17) is 9.47 Å². The van der Waals surface area contributed by atoms with Gasteiger partial charge in [0.1, 0.15) is 32.7 Å². The average Bonchev–Trinajstić information content (AvgIpc) is 3.22. The number of hydrogen-bond acceptors (Lipinski definition) is 3. The quantitative estimate of drug-likeness (QED) is 0.661.